The highest BCUT2D eigenvalue weighted by Crippen LogP contribution is 2.18. The van der Waals surface area contributed by atoms with Crippen LogP contribution in [0.4, 0.5) is 11.4 Å². The molecule has 1 amide bonds. The van der Waals surface area contributed by atoms with Crippen molar-refractivity contribution in [3.8, 4) is 6.07 Å². The van der Waals surface area contributed by atoms with Crippen molar-refractivity contribution in [3.05, 3.63) is 59.2 Å². The molecule has 2 rings (SSSR count). The monoisotopic (exact) mass is 293 g/mol. The van der Waals surface area contributed by atoms with Crippen molar-refractivity contribution in [1.82, 2.24) is 0 Å². The average Bonchev–Trinajstić information content (AvgIpc) is 2.52. The molecule has 0 aromatic heterocycles. The summed E-state index contributed by atoms with van der Waals surface area (Å²) >= 11 is 0. The molecule has 22 heavy (non-hydrogen) atoms. The molecule has 2 aromatic carbocycles. The second kappa shape index (κ2) is 7.28. The van der Waals surface area contributed by atoms with E-state index in [0.29, 0.717) is 24.2 Å². The van der Waals surface area contributed by atoms with Gasteiger partial charge in [-0.3, -0.25) is 4.79 Å². The summed E-state index contributed by atoms with van der Waals surface area (Å²) in [6, 6.07) is 15.1. The maximum atomic E-state index is 12.0. The van der Waals surface area contributed by atoms with Gasteiger partial charge in [0.25, 0.3) is 0 Å². The molecule has 0 aliphatic carbocycles. The minimum atomic E-state index is -0.111. The van der Waals surface area contributed by atoms with E-state index in [-0.39, 0.29) is 5.91 Å². The predicted molar refractivity (Wildman–Crippen MR) is 88.8 cm³/mol. The Balaban J connectivity index is 1.88. The molecular weight excluding hydrogens is 274 g/mol. The number of hydrogen-bond donors (Lipinski definition) is 2. The summed E-state index contributed by atoms with van der Waals surface area (Å²) in [4.78, 5) is 12.0. The van der Waals surface area contributed by atoms with Crippen LogP contribution in [0.3, 0.4) is 0 Å². The van der Waals surface area contributed by atoms with Gasteiger partial charge in [0.2, 0.25) is 5.91 Å². The number of carbonyl (C=O) groups excluding carboxylic acids is 1. The zero-order valence-electron chi connectivity index (χ0n) is 12.8. The van der Waals surface area contributed by atoms with E-state index in [1.165, 1.54) is 11.1 Å². The van der Waals surface area contributed by atoms with Gasteiger partial charge in [-0.2, -0.15) is 5.26 Å². The lowest BCUT2D eigenvalue weighted by Gasteiger charge is -2.11. The van der Waals surface area contributed by atoms with Gasteiger partial charge in [0.1, 0.15) is 6.07 Å². The minimum Gasteiger partial charge on any atom is -0.384 e. The molecule has 0 atom stereocenters. The maximum Gasteiger partial charge on any atom is 0.226 e. The SMILES string of the molecule is Cc1cccc(NCCC(=O)Nc2ccccc2C#N)c1C. The Morgan fingerprint density at radius 1 is 1.09 bits per heavy atom. The lowest BCUT2D eigenvalue weighted by Crippen LogP contribution is -2.17. The van der Waals surface area contributed by atoms with Crippen LogP contribution in [0.5, 0.6) is 0 Å². The average molecular weight is 293 g/mol. The summed E-state index contributed by atoms with van der Waals surface area (Å²) in [5.41, 5.74) is 4.49. The molecule has 2 aromatic rings. The molecule has 4 nitrogen and oxygen atoms in total. The van der Waals surface area contributed by atoms with Crippen molar-refractivity contribution in [2.24, 2.45) is 0 Å². The lowest BCUT2D eigenvalue weighted by molar-refractivity contribution is -0.115. The number of aryl methyl sites for hydroxylation is 1. The highest BCUT2D eigenvalue weighted by atomic mass is 16.1. The summed E-state index contributed by atoms with van der Waals surface area (Å²) in [5, 5.41) is 15.0. The third-order valence-electron chi connectivity index (χ3n) is 3.59. The molecule has 4 heteroatoms. The van der Waals surface area contributed by atoms with Crippen molar-refractivity contribution in [2.45, 2.75) is 20.3 Å². The topological polar surface area (TPSA) is 64.9 Å². The second-order valence-corrected chi connectivity index (χ2v) is 5.13. The van der Waals surface area contributed by atoms with Crippen LogP contribution >= 0.6 is 0 Å². The predicted octanol–water partition coefficient (Wildman–Crippen LogP) is 3.62. The molecule has 112 valence electrons. The first-order chi connectivity index (χ1) is 10.6. The molecular formula is C18H19N3O. The van der Waals surface area contributed by atoms with E-state index in [1.807, 2.05) is 12.1 Å². The van der Waals surface area contributed by atoms with Gasteiger partial charge in [-0.05, 0) is 43.2 Å². The normalized spacial score (nSPS) is 9.86. The molecule has 0 spiro atoms. The van der Waals surface area contributed by atoms with Gasteiger partial charge < -0.3 is 10.6 Å². The summed E-state index contributed by atoms with van der Waals surface area (Å²) < 4.78 is 0. The van der Waals surface area contributed by atoms with E-state index in [9.17, 15) is 4.79 Å². The first kappa shape index (κ1) is 15.6. The van der Waals surface area contributed by atoms with E-state index in [2.05, 4.69) is 36.6 Å². The fourth-order valence-corrected chi connectivity index (χ4v) is 2.16. The number of benzene rings is 2. The molecule has 0 aliphatic rings. The first-order valence-corrected chi connectivity index (χ1v) is 7.21. The van der Waals surface area contributed by atoms with Gasteiger partial charge in [0.05, 0.1) is 11.3 Å². The number of para-hydroxylation sites is 1. The Kier molecular flexibility index (Phi) is 5.16. The van der Waals surface area contributed by atoms with Gasteiger partial charge in [0, 0.05) is 18.7 Å². The highest BCUT2D eigenvalue weighted by Gasteiger charge is 2.06. The standard InChI is InChI=1S/C18H19N3O/c1-13-6-5-9-16(14(13)2)20-11-10-18(22)21-17-8-4-3-7-15(17)12-19/h3-9,20H,10-11H2,1-2H3,(H,21,22). The third-order valence-corrected chi connectivity index (χ3v) is 3.59. The number of amides is 1. The molecule has 0 radical (unpaired) electrons. The van der Waals surface area contributed by atoms with Crippen molar-refractivity contribution in [1.29, 1.82) is 5.26 Å². The second-order valence-electron chi connectivity index (χ2n) is 5.13. The Morgan fingerprint density at radius 2 is 1.82 bits per heavy atom. The summed E-state index contributed by atoms with van der Waals surface area (Å²) in [5.74, 6) is -0.111. The van der Waals surface area contributed by atoms with Gasteiger partial charge in [0.15, 0.2) is 0 Å². The first-order valence-electron chi connectivity index (χ1n) is 7.21. The molecule has 0 heterocycles. The van der Waals surface area contributed by atoms with Gasteiger partial charge in [-0.1, -0.05) is 24.3 Å². The van der Waals surface area contributed by atoms with Crippen molar-refractivity contribution in [3.63, 3.8) is 0 Å². The van der Waals surface area contributed by atoms with Crippen LogP contribution in [0.2, 0.25) is 0 Å². The number of hydrogen-bond acceptors (Lipinski definition) is 3. The third kappa shape index (κ3) is 3.86. The molecule has 2 N–H and O–H groups in total. The molecule has 0 aliphatic heterocycles. The number of anilines is 2. The van der Waals surface area contributed by atoms with Crippen molar-refractivity contribution >= 4 is 17.3 Å². The largest absolute Gasteiger partial charge is 0.384 e. The Labute approximate surface area is 130 Å². The molecule has 0 bridgehead atoms. The number of nitrogens with zero attached hydrogens (tertiary/aromatic N) is 1. The summed E-state index contributed by atoms with van der Waals surface area (Å²) in [7, 11) is 0. The molecule has 0 saturated carbocycles. The van der Waals surface area contributed by atoms with Gasteiger partial charge >= 0.3 is 0 Å². The molecule has 0 unspecified atom stereocenters. The fraction of sp³-hybridized carbons (Fsp3) is 0.222. The van der Waals surface area contributed by atoms with Crippen LogP contribution < -0.4 is 10.6 Å². The van der Waals surface area contributed by atoms with Crippen LogP contribution in [0.25, 0.3) is 0 Å². The van der Waals surface area contributed by atoms with Crippen LogP contribution in [-0.4, -0.2) is 12.5 Å². The Morgan fingerprint density at radius 3 is 2.59 bits per heavy atom. The number of nitriles is 1. The Hall–Kier alpha value is -2.80. The maximum absolute atomic E-state index is 12.0. The molecule has 0 saturated heterocycles. The van der Waals surface area contributed by atoms with Gasteiger partial charge in [-0.15, -0.1) is 0 Å². The molecule has 0 fully saturated rings. The zero-order chi connectivity index (χ0) is 15.9. The smallest absolute Gasteiger partial charge is 0.226 e. The van der Waals surface area contributed by atoms with Gasteiger partial charge in [-0.25, -0.2) is 0 Å². The lowest BCUT2D eigenvalue weighted by atomic mass is 10.1. The van der Waals surface area contributed by atoms with Crippen molar-refractivity contribution < 1.29 is 4.79 Å². The highest BCUT2D eigenvalue weighted by molar-refractivity contribution is 5.92. The van der Waals surface area contributed by atoms with Crippen LogP contribution in [0.1, 0.15) is 23.1 Å². The number of rotatable bonds is 5. The van der Waals surface area contributed by atoms with Crippen molar-refractivity contribution in [2.75, 3.05) is 17.2 Å². The van der Waals surface area contributed by atoms with E-state index in [1.54, 1.807) is 24.3 Å². The summed E-state index contributed by atoms with van der Waals surface area (Å²) in [6.45, 7) is 4.66. The number of nitrogens with one attached hydrogen (secondary N) is 2. The van der Waals surface area contributed by atoms with Crippen LogP contribution in [0.15, 0.2) is 42.5 Å². The quantitative estimate of drug-likeness (QED) is 0.885. The zero-order valence-corrected chi connectivity index (χ0v) is 12.8. The Bertz CT molecular complexity index is 717. The van der Waals surface area contributed by atoms with E-state index >= 15 is 0 Å². The summed E-state index contributed by atoms with van der Waals surface area (Å²) in [6.07, 6.45) is 0.340. The van der Waals surface area contributed by atoms with Crippen LogP contribution in [-0.2, 0) is 4.79 Å². The van der Waals surface area contributed by atoms with E-state index in [0.717, 1.165) is 5.69 Å². The van der Waals surface area contributed by atoms with E-state index < -0.39 is 0 Å². The minimum absolute atomic E-state index is 0.111. The number of carbonyl (C=O) groups is 1. The van der Waals surface area contributed by atoms with Crippen LogP contribution in [0, 0.1) is 25.2 Å². The van der Waals surface area contributed by atoms with E-state index in [4.69, 9.17) is 5.26 Å². The fourth-order valence-electron chi connectivity index (χ4n) is 2.16.